The van der Waals surface area contributed by atoms with Crippen molar-refractivity contribution in [3.05, 3.63) is 54.4 Å². The van der Waals surface area contributed by atoms with Crippen molar-refractivity contribution in [1.29, 1.82) is 0 Å². The van der Waals surface area contributed by atoms with Crippen LogP contribution in [0, 0.1) is 5.92 Å². The van der Waals surface area contributed by atoms with Crippen LogP contribution in [0.3, 0.4) is 0 Å². The van der Waals surface area contributed by atoms with Crippen LogP contribution in [0.5, 0.6) is 5.75 Å². The number of aryl methyl sites for hydroxylation is 1. The number of carbonyl (C=O) groups is 2. The number of rotatable bonds is 5. The molecule has 198 valence electrons. The number of carbonyl (C=O) groups excluding carboxylic acids is 2. The normalized spacial score (nSPS) is 20.0. The quantitative estimate of drug-likeness (QED) is 0.563. The molecule has 1 aliphatic heterocycles. The maximum atomic E-state index is 13.1. The number of ether oxygens (including phenoxy) is 2. The van der Waals surface area contributed by atoms with E-state index < -0.39 is 12.2 Å². The van der Waals surface area contributed by atoms with Gasteiger partial charge >= 0.3 is 6.09 Å². The highest BCUT2D eigenvalue weighted by Crippen LogP contribution is 2.26. The second kappa shape index (κ2) is 12.2. The molecule has 2 aromatic carbocycles. The second-order valence-electron chi connectivity index (χ2n) is 9.68. The first kappa shape index (κ1) is 26.6. The fourth-order valence-corrected chi connectivity index (χ4v) is 4.55. The summed E-state index contributed by atoms with van der Waals surface area (Å²) in [5.74, 6) is 0.332. The molecule has 37 heavy (non-hydrogen) atoms. The molecule has 0 radical (unpaired) electrons. The minimum Gasteiger partial charge on any atom is -0.410 e. The molecule has 10 heteroatoms. The molecule has 0 fully saturated rings. The van der Waals surface area contributed by atoms with Gasteiger partial charge in [0.25, 0.3) is 0 Å². The minimum atomic E-state index is -0.498. The Morgan fingerprint density at radius 1 is 1.27 bits per heavy atom. The Kier molecular flexibility index (Phi) is 8.73. The van der Waals surface area contributed by atoms with E-state index in [0.717, 1.165) is 16.5 Å². The fourth-order valence-electron chi connectivity index (χ4n) is 4.55. The molecule has 2 amide bonds. The van der Waals surface area contributed by atoms with Gasteiger partial charge in [0.15, 0.2) is 0 Å². The van der Waals surface area contributed by atoms with Gasteiger partial charge in [0.2, 0.25) is 5.91 Å². The molecule has 2 heterocycles. The van der Waals surface area contributed by atoms with E-state index in [4.69, 9.17) is 9.47 Å². The van der Waals surface area contributed by atoms with E-state index in [-0.39, 0.29) is 37.6 Å². The van der Waals surface area contributed by atoms with E-state index in [9.17, 15) is 14.7 Å². The zero-order chi connectivity index (χ0) is 26.4. The van der Waals surface area contributed by atoms with Crippen LogP contribution in [0.25, 0.3) is 10.8 Å². The van der Waals surface area contributed by atoms with Gasteiger partial charge in [-0.3, -0.25) is 4.79 Å². The van der Waals surface area contributed by atoms with Gasteiger partial charge in [-0.25, -0.2) is 9.48 Å². The highest BCUT2D eigenvalue weighted by Gasteiger charge is 2.29. The van der Waals surface area contributed by atoms with Crippen LogP contribution in [-0.4, -0.2) is 80.8 Å². The van der Waals surface area contributed by atoms with E-state index in [1.54, 1.807) is 28.9 Å². The first-order chi connectivity index (χ1) is 17.9. The third kappa shape index (κ3) is 6.44. The first-order valence-electron chi connectivity index (χ1n) is 12.7. The number of aliphatic hydroxyl groups is 1. The molecule has 1 N–H and O–H groups in total. The van der Waals surface area contributed by atoms with Crippen molar-refractivity contribution in [3.8, 4) is 5.75 Å². The lowest BCUT2D eigenvalue weighted by atomic mass is 10.0. The highest BCUT2D eigenvalue weighted by molar-refractivity contribution is 5.90. The number of fused-ring (bicyclic) bond motifs is 2. The number of aromatic nitrogens is 3. The van der Waals surface area contributed by atoms with Gasteiger partial charge in [-0.1, -0.05) is 48.5 Å². The average molecular weight is 510 g/mol. The van der Waals surface area contributed by atoms with Crippen molar-refractivity contribution in [3.63, 3.8) is 0 Å². The smallest absolute Gasteiger partial charge is 0.410 e. The van der Waals surface area contributed by atoms with Crippen LogP contribution in [0.4, 0.5) is 4.79 Å². The van der Waals surface area contributed by atoms with E-state index in [1.165, 1.54) is 4.90 Å². The van der Waals surface area contributed by atoms with Gasteiger partial charge in [0, 0.05) is 37.9 Å². The summed E-state index contributed by atoms with van der Waals surface area (Å²) >= 11 is 0. The predicted molar refractivity (Wildman–Crippen MR) is 138 cm³/mol. The lowest BCUT2D eigenvalue weighted by Gasteiger charge is -2.35. The number of likely N-dealkylation sites (N-methyl/N-ethyl adjacent to an activating group) is 1. The largest absolute Gasteiger partial charge is 0.415 e. The SMILES string of the molecule is C[C@@H]1CN([C@@H](C)CO)C(=O)CCCn2nncc2CO[C@@H]1CN(C)C(=O)Oc1cccc2ccccc12. The maximum Gasteiger partial charge on any atom is 0.415 e. The Morgan fingerprint density at radius 3 is 2.86 bits per heavy atom. The summed E-state index contributed by atoms with van der Waals surface area (Å²) in [5, 5.41) is 19.7. The third-order valence-electron chi connectivity index (χ3n) is 6.85. The third-order valence-corrected chi connectivity index (χ3v) is 6.85. The van der Waals surface area contributed by atoms with Gasteiger partial charge in [0.05, 0.1) is 43.8 Å². The fraction of sp³-hybridized carbons (Fsp3) is 0.481. The average Bonchev–Trinajstić information content (AvgIpc) is 3.35. The molecule has 4 rings (SSSR count). The van der Waals surface area contributed by atoms with E-state index in [2.05, 4.69) is 10.3 Å². The van der Waals surface area contributed by atoms with Crippen molar-refractivity contribution in [1.82, 2.24) is 24.8 Å². The molecule has 1 aromatic heterocycles. The Morgan fingerprint density at radius 2 is 2.05 bits per heavy atom. The van der Waals surface area contributed by atoms with Crippen LogP contribution >= 0.6 is 0 Å². The zero-order valence-electron chi connectivity index (χ0n) is 21.6. The van der Waals surface area contributed by atoms with Crippen molar-refractivity contribution < 1.29 is 24.2 Å². The summed E-state index contributed by atoms with van der Waals surface area (Å²) in [4.78, 5) is 29.3. The number of hydrogen-bond acceptors (Lipinski definition) is 7. The lowest BCUT2D eigenvalue weighted by Crippen LogP contribution is -2.48. The van der Waals surface area contributed by atoms with Crippen LogP contribution < -0.4 is 4.74 Å². The molecule has 10 nitrogen and oxygen atoms in total. The number of amides is 2. The van der Waals surface area contributed by atoms with Crippen molar-refractivity contribution in [2.75, 3.05) is 26.7 Å². The Labute approximate surface area is 216 Å². The molecule has 1 aliphatic rings. The summed E-state index contributed by atoms with van der Waals surface area (Å²) in [6.07, 6.45) is 1.72. The van der Waals surface area contributed by atoms with E-state index in [0.29, 0.717) is 31.7 Å². The minimum absolute atomic E-state index is 0.0295. The molecule has 0 unspecified atom stereocenters. The number of aliphatic hydroxyl groups excluding tert-OH is 1. The standard InChI is InChI=1S/C27H35N5O5/c1-19-15-31(20(2)17-33)26(34)12-7-13-32-22(14-28-29-32)18-36-25(19)16-30(3)27(35)37-24-11-6-9-21-8-4-5-10-23(21)24/h4-6,8-11,14,19-20,25,33H,7,12-13,15-18H2,1-3H3/t19-,20+,25-/m1/s1. The van der Waals surface area contributed by atoms with Crippen LogP contribution in [0.15, 0.2) is 48.7 Å². The molecule has 0 bridgehead atoms. The van der Waals surface area contributed by atoms with Crippen molar-refractivity contribution in [2.24, 2.45) is 5.92 Å². The monoisotopic (exact) mass is 509 g/mol. The molecule has 0 spiro atoms. The van der Waals surface area contributed by atoms with Crippen molar-refractivity contribution >= 4 is 22.8 Å². The molecule has 3 aromatic rings. The van der Waals surface area contributed by atoms with E-state index in [1.807, 2.05) is 50.2 Å². The molecule has 0 saturated carbocycles. The van der Waals surface area contributed by atoms with Crippen LogP contribution in [0.1, 0.15) is 32.4 Å². The van der Waals surface area contributed by atoms with Crippen LogP contribution in [-0.2, 0) is 22.7 Å². The molecule has 3 atom stereocenters. The summed E-state index contributed by atoms with van der Waals surface area (Å²) in [7, 11) is 1.67. The van der Waals surface area contributed by atoms with E-state index >= 15 is 0 Å². The Balaban J connectivity index is 1.52. The molecule has 0 saturated heterocycles. The van der Waals surface area contributed by atoms with Crippen LogP contribution in [0.2, 0.25) is 0 Å². The van der Waals surface area contributed by atoms with Gasteiger partial charge in [-0.15, -0.1) is 5.10 Å². The summed E-state index contributed by atoms with van der Waals surface area (Å²) in [5.41, 5.74) is 0.812. The summed E-state index contributed by atoms with van der Waals surface area (Å²) in [6, 6.07) is 13.0. The van der Waals surface area contributed by atoms with Crippen molar-refractivity contribution in [2.45, 2.75) is 52.0 Å². The van der Waals surface area contributed by atoms with Gasteiger partial charge < -0.3 is 24.4 Å². The Hall–Kier alpha value is -3.50. The number of hydrogen-bond donors (Lipinski definition) is 1. The number of nitrogens with zero attached hydrogens (tertiary/aromatic N) is 5. The van der Waals surface area contributed by atoms with Gasteiger partial charge in [0.1, 0.15) is 5.75 Å². The Bertz CT molecular complexity index is 1210. The summed E-state index contributed by atoms with van der Waals surface area (Å²) < 4.78 is 13.8. The summed E-state index contributed by atoms with van der Waals surface area (Å²) in [6.45, 7) is 5.15. The lowest BCUT2D eigenvalue weighted by molar-refractivity contribution is -0.136. The molecular formula is C27H35N5O5. The molecular weight excluding hydrogens is 474 g/mol. The maximum absolute atomic E-state index is 13.1. The topological polar surface area (TPSA) is 110 Å². The highest BCUT2D eigenvalue weighted by atomic mass is 16.6. The van der Waals surface area contributed by atoms with Gasteiger partial charge in [-0.2, -0.15) is 0 Å². The number of benzene rings is 2. The first-order valence-corrected chi connectivity index (χ1v) is 12.7. The zero-order valence-corrected chi connectivity index (χ0v) is 21.6. The second-order valence-corrected chi connectivity index (χ2v) is 9.68. The molecule has 0 aliphatic carbocycles. The van der Waals surface area contributed by atoms with Gasteiger partial charge in [-0.05, 0) is 24.8 Å². The predicted octanol–water partition coefficient (Wildman–Crippen LogP) is 3.09.